The van der Waals surface area contributed by atoms with Gasteiger partial charge in [0.2, 0.25) is 0 Å². The Morgan fingerprint density at radius 3 is 1.34 bits per heavy atom. The lowest BCUT2D eigenvalue weighted by atomic mass is 9.99. The van der Waals surface area contributed by atoms with E-state index < -0.39 is 59.8 Å². The largest absolute Gasteiger partial charge is 0.457 e. The average Bonchev–Trinajstić information content (AvgIpc) is 3.40. The predicted molar refractivity (Wildman–Crippen MR) is 312 cm³/mol. The molecule has 1 saturated heterocycles. The number of carbonyl (C=O) groups excluding carboxylic acids is 1. The number of ether oxygens (including phenoxy) is 4. The predicted octanol–water partition coefficient (Wildman–Crippen LogP) is 15.8. The van der Waals surface area contributed by atoms with Crippen molar-refractivity contribution in [3.8, 4) is 0 Å². The van der Waals surface area contributed by atoms with E-state index in [9.17, 15) is 33.1 Å². The number of carbonyl (C=O) groups is 1. The molecule has 1 fully saturated rings. The summed E-state index contributed by atoms with van der Waals surface area (Å²) in [5, 5.41) is 30.9. The molecule has 13 heteroatoms. The van der Waals surface area contributed by atoms with Crippen molar-refractivity contribution >= 4 is 16.4 Å². The third kappa shape index (κ3) is 45.4. The average molecular weight is 1090 g/mol. The van der Waals surface area contributed by atoms with Crippen molar-refractivity contribution in [2.75, 3.05) is 26.4 Å². The third-order valence-electron chi connectivity index (χ3n) is 13.8. The second kappa shape index (κ2) is 53.2. The summed E-state index contributed by atoms with van der Waals surface area (Å²) >= 11 is 0. The SMILES string of the molecule is CC/C=C\C/C=C\C/C=C\C/C=C\C/C=C\CCCCCCCCCCCCOCC(COC1OC(CO)C(O)C(OS(=O)(=O)O)C1O)OC(=O)CCCCCCCCCCCCC/C=C\CCCCCCCCCC. The minimum absolute atomic E-state index is 0.0308. The zero-order chi connectivity index (χ0) is 55.3. The van der Waals surface area contributed by atoms with Gasteiger partial charge in [-0.1, -0.05) is 241 Å². The normalized spacial score (nSPS) is 19.1. The maximum atomic E-state index is 13.0. The molecule has 1 rings (SSSR count). The van der Waals surface area contributed by atoms with Crippen LogP contribution in [-0.4, -0.2) is 97.5 Å². The summed E-state index contributed by atoms with van der Waals surface area (Å²) in [4.78, 5) is 13.0. The molecule has 0 radical (unpaired) electrons. The Labute approximate surface area is 464 Å². The monoisotopic (exact) mass is 1090 g/mol. The standard InChI is InChI=1S/C63H112O12S/c1-3-5-7-9-11-13-15-17-19-21-23-25-27-28-29-31-33-35-37-39-41-43-45-47-49-51-53-71-55-57(56-72-63-61(67)62(75-76(68,69)70)60(66)58(54-64)74-63)73-59(65)52-50-48-46-44-42-40-38-36-34-32-30-26-24-22-20-18-16-14-12-10-8-6-4-2/h5,7,11,13,17,19,22-25,28-29,57-58,60-64,66-67H,3-4,6,8-10,12,14-16,18,20-21,26-27,30-56H2,1-2H3,(H,68,69,70)/b7-5-,13-11-,19-17-,24-22-,25-23-,29-28-. The minimum Gasteiger partial charge on any atom is -0.457 e. The zero-order valence-electron chi connectivity index (χ0n) is 48.1. The van der Waals surface area contributed by atoms with Crippen LogP contribution in [0.4, 0.5) is 0 Å². The Hall–Kier alpha value is -2.46. The van der Waals surface area contributed by atoms with E-state index in [0.29, 0.717) is 13.0 Å². The van der Waals surface area contributed by atoms with Gasteiger partial charge in [-0.3, -0.25) is 9.35 Å². The molecule has 0 aromatic carbocycles. The van der Waals surface area contributed by atoms with E-state index in [0.717, 1.165) is 77.0 Å². The van der Waals surface area contributed by atoms with Gasteiger partial charge in [-0.05, 0) is 83.5 Å². The van der Waals surface area contributed by atoms with Crippen molar-refractivity contribution in [2.24, 2.45) is 0 Å². The van der Waals surface area contributed by atoms with Crippen LogP contribution in [0, 0.1) is 0 Å². The molecule has 0 aromatic rings. The maximum absolute atomic E-state index is 13.0. The van der Waals surface area contributed by atoms with Crippen LogP contribution in [0.25, 0.3) is 0 Å². The molecule has 4 N–H and O–H groups in total. The first-order valence-electron chi connectivity index (χ1n) is 30.7. The summed E-state index contributed by atoms with van der Waals surface area (Å²) < 4.78 is 59.5. The first-order valence-corrected chi connectivity index (χ1v) is 32.1. The fourth-order valence-corrected chi connectivity index (χ4v) is 9.73. The number of esters is 1. The highest BCUT2D eigenvalue weighted by atomic mass is 32.3. The van der Waals surface area contributed by atoms with Crippen molar-refractivity contribution in [3.05, 3.63) is 72.9 Å². The number of allylic oxidation sites excluding steroid dienone is 12. The van der Waals surface area contributed by atoms with Crippen molar-refractivity contribution in [1.82, 2.24) is 0 Å². The quantitative estimate of drug-likeness (QED) is 0.0196. The Bertz CT molecular complexity index is 1590. The van der Waals surface area contributed by atoms with E-state index in [1.807, 2.05) is 0 Å². The molecule has 0 amide bonds. The van der Waals surface area contributed by atoms with Crippen molar-refractivity contribution in [1.29, 1.82) is 0 Å². The highest BCUT2D eigenvalue weighted by Gasteiger charge is 2.48. The van der Waals surface area contributed by atoms with Crippen molar-refractivity contribution in [3.63, 3.8) is 0 Å². The van der Waals surface area contributed by atoms with Crippen LogP contribution in [0.15, 0.2) is 72.9 Å². The first-order chi connectivity index (χ1) is 37.1. The molecule has 0 aromatic heterocycles. The molecule has 0 saturated carbocycles. The van der Waals surface area contributed by atoms with E-state index in [-0.39, 0.29) is 19.6 Å². The molecule has 1 aliphatic heterocycles. The van der Waals surface area contributed by atoms with Gasteiger partial charge in [0.15, 0.2) is 6.29 Å². The van der Waals surface area contributed by atoms with E-state index in [2.05, 4.69) is 90.9 Å². The number of aliphatic hydroxyl groups excluding tert-OH is 3. The van der Waals surface area contributed by atoms with Gasteiger partial charge in [0.25, 0.3) is 0 Å². The summed E-state index contributed by atoms with van der Waals surface area (Å²) in [5.74, 6) is -0.400. The zero-order valence-corrected chi connectivity index (χ0v) is 48.9. The number of hydrogen-bond acceptors (Lipinski definition) is 11. The molecule has 0 bridgehead atoms. The Morgan fingerprint density at radius 1 is 0.513 bits per heavy atom. The molecule has 0 aliphatic carbocycles. The molecule has 6 unspecified atom stereocenters. The molecule has 442 valence electrons. The number of hydrogen-bond donors (Lipinski definition) is 4. The smallest absolute Gasteiger partial charge is 0.397 e. The van der Waals surface area contributed by atoms with E-state index in [1.165, 1.54) is 154 Å². The van der Waals surface area contributed by atoms with Crippen LogP contribution in [0.2, 0.25) is 0 Å². The summed E-state index contributed by atoms with van der Waals surface area (Å²) in [5.41, 5.74) is 0. The molecule has 6 atom stereocenters. The van der Waals surface area contributed by atoms with Gasteiger partial charge in [-0.15, -0.1) is 0 Å². The highest BCUT2D eigenvalue weighted by Crippen LogP contribution is 2.26. The number of rotatable bonds is 54. The molecule has 1 heterocycles. The van der Waals surface area contributed by atoms with E-state index >= 15 is 0 Å². The van der Waals surface area contributed by atoms with Gasteiger partial charge >= 0.3 is 16.4 Å². The second-order valence-corrected chi connectivity index (χ2v) is 22.0. The number of aliphatic hydroxyl groups is 3. The van der Waals surface area contributed by atoms with E-state index in [4.69, 9.17) is 18.9 Å². The van der Waals surface area contributed by atoms with Crippen LogP contribution in [-0.2, 0) is 38.3 Å². The van der Waals surface area contributed by atoms with Crippen LogP contribution >= 0.6 is 0 Å². The molecule has 12 nitrogen and oxygen atoms in total. The molecular formula is C63H112O12S. The van der Waals surface area contributed by atoms with Crippen LogP contribution in [0.3, 0.4) is 0 Å². The molecule has 76 heavy (non-hydrogen) atoms. The minimum atomic E-state index is -5.07. The Balaban J connectivity index is 2.27. The Kier molecular flexibility index (Phi) is 50.1. The lowest BCUT2D eigenvalue weighted by molar-refractivity contribution is -0.301. The third-order valence-corrected chi connectivity index (χ3v) is 14.3. The first kappa shape index (κ1) is 71.6. The van der Waals surface area contributed by atoms with Gasteiger partial charge in [-0.2, -0.15) is 8.42 Å². The van der Waals surface area contributed by atoms with Gasteiger partial charge in [-0.25, -0.2) is 4.18 Å². The van der Waals surface area contributed by atoms with Crippen molar-refractivity contribution < 1.29 is 56.2 Å². The maximum Gasteiger partial charge on any atom is 0.397 e. The van der Waals surface area contributed by atoms with Crippen LogP contribution in [0.1, 0.15) is 258 Å². The second-order valence-electron chi connectivity index (χ2n) is 20.9. The summed E-state index contributed by atoms with van der Waals surface area (Å²) in [6, 6.07) is 0. The Morgan fingerprint density at radius 2 is 0.908 bits per heavy atom. The molecule has 1 aliphatic rings. The number of unbranched alkanes of at least 4 members (excludes halogenated alkanes) is 29. The highest BCUT2D eigenvalue weighted by molar-refractivity contribution is 7.80. The summed E-state index contributed by atoms with van der Waals surface area (Å²) in [6.07, 6.45) is 62.2. The van der Waals surface area contributed by atoms with Gasteiger partial charge in [0.05, 0.1) is 19.8 Å². The lowest BCUT2D eigenvalue weighted by Gasteiger charge is -2.41. The van der Waals surface area contributed by atoms with Crippen LogP contribution in [0.5, 0.6) is 0 Å². The van der Waals surface area contributed by atoms with E-state index in [1.54, 1.807) is 0 Å². The van der Waals surface area contributed by atoms with Gasteiger partial charge < -0.3 is 34.3 Å². The van der Waals surface area contributed by atoms with Gasteiger partial charge in [0, 0.05) is 13.0 Å². The fraction of sp³-hybridized carbons (Fsp3) is 0.794. The topological polar surface area (TPSA) is 178 Å². The van der Waals surface area contributed by atoms with Gasteiger partial charge in [0.1, 0.15) is 30.5 Å². The fourth-order valence-electron chi connectivity index (χ4n) is 9.23. The summed E-state index contributed by atoms with van der Waals surface area (Å²) in [7, 11) is -5.07. The molecular weight excluding hydrogens is 981 g/mol. The molecule has 0 spiro atoms. The van der Waals surface area contributed by atoms with Crippen molar-refractivity contribution in [2.45, 2.75) is 295 Å². The van der Waals surface area contributed by atoms with Crippen LogP contribution < -0.4 is 0 Å². The summed E-state index contributed by atoms with van der Waals surface area (Å²) in [6.45, 7) is 3.90. The lowest BCUT2D eigenvalue weighted by Crippen LogP contribution is -2.60.